The number of benzene rings is 1. The number of aromatic nitrogens is 1. The average Bonchev–Trinajstić information content (AvgIpc) is 2.68. The van der Waals surface area contributed by atoms with Gasteiger partial charge in [-0.05, 0) is 44.0 Å². The zero-order valence-corrected chi connectivity index (χ0v) is 17.7. The van der Waals surface area contributed by atoms with Gasteiger partial charge in [0.05, 0.1) is 17.7 Å². The van der Waals surface area contributed by atoms with Gasteiger partial charge in [-0.2, -0.15) is 4.31 Å². The smallest absolute Gasteiger partial charge is 0.243 e. The van der Waals surface area contributed by atoms with Crippen molar-refractivity contribution in [2.45, 2.75) is 37.1 Å². The van der Waals surface area contributed by atoms with Crippen molar-refractivity contribution >= 4 is 10.0 Å². The molecule has 1 saturated carbocycles. The maximum atomic E-state index is 13.0. The fourth-order valence-electron chi connectivity index (χ4n) is 4.13. The van der Waals surface area contributed by atoms with Crippen molar-refractivity contribution in [3.8, 4) is 11.4 Å². The van der Waals surface area contributed by atoms with Crippen molar-refractivity contribution < 1.29 is 13.2 Å². The fraction of sp³-hybridized carbons (Fsp3) is 0.476. The van der Waals surface area contributed by atoms with Gasteiger partial charge >= 0.3 is 0 Å². The Morgan fingerprint density at radius 1 is 1.00 bits per heavy atom. The molecule has 0 bridgehead atoms. The van der Waals surface area contributed by atoms with Crippen molar-refractivity contribution in [1.82, 2.24) is 13.8 Å². The second kappa shape index (κ2) is 7.93. The molecule has 2 heterocycles. The van der Waals surface area contributed by atoms with Crippen molar-refractivity contribution in [2.24, 2.45) is 0 Å². The number of nitrogens with zero attached hydrogens (tertiary/aromatic N) is 3. The van der Waals surface area contributed by atoms with E-state index in [-0.39, 0.29) is 11.2 Å². The molecular formula is C21H27N3O4S. The Morgan fingerprint density at radius 2 is 1.66 bits per heavy atom. The van der Waals surface area contributed by atoms with E-state index in [1.807, 2.05) is 4.57 Å². The number of piperazine rings is 1. The molecule has 1 aromatic carbocycles. The quantitative estimate of drug-likeness (QED) is 0.744. The summed E-state index contributed by atoms with van der Waals surface area (Å²) in [5, 5.41) is 0. The van der Waals surface area contributed by atoms with Gasteiger partial charge in [-0.1, -0.05) is 6.42 Å². The Balaban J connectivity index is 1.52. The van der Waals surface area contributed by atoms with Gasteiger partial charge in [-0.15, -0.1) is 0 Å². The Bertz CT molecular complexity index is 1030. The number of pyridine rings is 1. The van der Waals surface area contributed by atoms with Crippen molar-refractivity contribution in [1.29, 1.82) is 0 Å². The molecule has 0 unspecified atom stereocenters. The van der Waals surface area contributed by atoms with Gasteiger partial charge in [0.2, 0.25) is 15.5 Å². The maximum absolute atomic E-state index is 13.0. The van der Waals surface area contributed by atoms with Crippen LogP contribution in [0.3, 0.4) is 0 Å². The van der Waals surface area contributed by atoms with Gasteiger partial charge in [-0.3, -0.25) is 9.69 Å². The molecule has 4 rings (SSSR count). The van der Waals surface area contributed by atoms with Crippen LogP contribution in [-0.4, -0.2) is 61.5 Å². The molecule has 156 valence electrons. The van der Waals surface area contributed by atoms with E-state index < -0.39 is 10.0 Å². The molecule has 0 amide bonds. The van der Waals surface area contributed by atoms with Gasteiger partial charge in [-0.25, -0.2) is 8.42 Å². The van der Waals surface area contributed by atoms with E-state index in [1.54, 1.807) is 41.7 Å². The average molecular weight is 418 g/mol. The summed E-state index contributed by atoms with van der Waals surface area (Å²) >= 11 is 0. The van der Waals surface area contributed by atoms with Gasteiger partial charge in [0.1, 0.15) is 0 Å². The van der Waals surface area contributed by atoms with Gasteiger partial charge in [0.15, 0.2) is 5.75 Å². The highest BCUT2D eigenvalue weighted by Crippen LogP contribution is 2.27. The summed E-state index contributed by atoms with van der Waals surface area (Å²) in [5.74, 6) is 0.286. The number of sulfonamides is 1. The Labute approximate surface area is 171 Å². The van der Waals surface area contributed by atoms with Crippen molar-refractivity contribution in [3.63, 3.8) is 0 Å². The van der Waals surface area contributed by atoms with E-state index in [0.29, 0.717) is 29.7 Å². The zero-order valence-electron chi connectivity index (χ0n) is 16.9. The molecule has 1 aliphatic carbocycles. The van der Waals surface area contributed by atoms with E-state index in [0.717, 1.165) is 18.8 Å². The van der Waals surface area contributed by atoms with Crippen LogP contribution >= 0.6 is 0 Å². The van der Waals surface area contributed by atoms with Gasteiger partial charge in [0.25, 0.3) is 0 Å². The molecule has 2 aliphatic rings. The van der Waals surface area contributed by atoms with Crippen LogP contribution in [0.1, 0.15) is 25.0 Å². The minimum absolute atomic E-state index is 0.179. The van der Waals surface area contributed by atoms with Crippen LogP contribution in [0, 0.1) is 6.92 Å². The van der Waals surface area contributed by atoms with E-state index in [4.69, 9.17) is 4.74 Å². The fourth-order valence-corrected chi connectivity index (χ4v) is 5.56. The van der Waals surface area contributed by atoms with Gasteiger partial charge < -0.3 is 9.30 Å². The molecule has 7 nitrogen and oxygen atoms in total. The maximum Gasteiger partial charge on any atom is 0.243 e. The standard InChI is InChI=1S/C21H27N3O4S/c1-16-21(28-2)20(25)10-11-24(16)18-6-8-19(9-7-18)29(26,27)23-14-12-22(13-15-23)17-4-3-5-17/h6-11,17H,3-5,12-15H2,1-2H3. The first-order valence-electron chi connectivity index (χ1n) is 10.0. The Hall–Kier alpha value is -2.16. The SMILES string of the molecule is COc1c(C)n(-c2ccc(S(=O)(=O)N3CCN(C4CCC4)CC3)cc2)ccc1=O. The normalized spacial score (nSPS) is 19.1. The molecule has 2 aromatic rings. The van der Waals surface area contributed by atoms with Crippen LogP contribution in [-0.2, 0) is 10.0 Å². The second-order valence-corrected chi connectivity index (χ2v) is 9.63. The first kappa shape index (κ1) is 20.1. The highest BCUT2D eigenvalue weighted by molar-refractivity contribution is 7.89. The lowest BCUT2D eigenvalue weighted by molar-refractivity contribution is 0.0889. The van der Waals surface area contributed by atoms with E-state index in [1.165, 1.54) is 32.4 Å². The minimum atomic E-state index is -3.51. The van der Waals surface area contributed by atoms with Crippen LogP contribution in [0.25, 0.3) is 5.69 Å². The lowest BCUT2D eigenvalue weighted by atomic mass is 9.91. The first-order valence-corrected chi connectivity index (χ1v) is 11.5. The molecule has 8 heteroatoms. The molecule has 0 spiro atoms. The Morgan fingerprint density at radius 3 is 2.21 bits per heavy atom. The molecule has 29 heavy (non-hydrogen) atoms. The number of rotatable bonds is 5. The summed E-state index contributed by atoms with van der Waals surface area (Å²) in [7, 11) is -2.04. The third-order valence-electron chi connectivity index (χ3n) is 6.11. The van der Waals surface area contributed by atoms with Crippen LogP contribution < -0.4 is 10.2 Å². The number of ether oxygens (including phenoxy) is 1. The third-order valence-corrected chi connectivity index (χ3v) is 8.02. The first-order chi connectivity index (χ1) is 13.9. The predicted molar refractivity (Wildman–Crippen MR) is 111 cm³/mol. The molecular weight excluding hydrogens is 390 g/mol. The molecule has 1 aliphatic heterocycles. The zero-order chi connectivity index (χ0) is 20.6. The molecule has 0 atom stereocenters. The van der Waals surface area contributed by atoms with E-state index in [2.05, 4.69) is 4.90 Å². The molecule has 0 radical (unpaired) electrons. The monoisotopic (exact) mass is 417 g/mol. The summed E-state index contributed by atoms with van der Waals surface area (Å²) in [5.41, 5.74) is 1.26. The number of hydrogen-bond donors (Lipinski definition) is 0. The van der Waals surface area contributed by atoms with Crippen LogP contribution in [0.15, 0.2) is 46.2 Å². The van der Waals surface area contributed by atoms with Crippen LogP contribution in [0.4, 0.5) is 0 Å². The Kier molecular flexibility index (Phi) is 5.50. The second-order valence-electron chi connectivity index (χ2n) is 7.69. The molecule has 2 fully saturated rings. The van der Waals surface area contributed by atoms with Gasteiger partial charge in [0, 0.05) is 50.2 Å². The molecule has 0 N–H and O–H groups in total. The predicted octanol–water partition coefficient (Wildman–Crippen LogP) is 2.01. The molecule has 1 saturated heterocycles. The summed E-state index contributed by atoms with van der Waals surface area (Å²) in [6, 6.07) is 8.87. The highest BCUT2D eigenvalue weighted by Gasteiger charge is 2.32. The summed E-state index contributed by atoms with van der Waals surface area (Å²) in [4.78, 5) is 14.6. The molecule has 1 aromatic heterocycles. The van der Waals surface area contributed by atoms with Crippen LogP contribution in [0.2, 0.25) is 0 Å². The van der Waals surface area contributed by atoms with Crippen LogP contribution in [0.5, 0.6) is 5.75 Å². The third kappa shape index (κ3) is 3.72. The topological polar surface area (TPSA) is 71.8 Å². The lowest BCUT2D eigenvalue weighted by Gasteiger charge is -2.42. The summed E-state index contributed by atoms with van der Waals surface area (Å²) < 4.78 is 34.7. The van der Waals surface area contributed by atoms with Crippen molar-refractivity contribution in [2.75, 3.05) is 33.3 Å². The number of methoxy groups -OCH3 is 1. The lowest BCUT2D eigenvalue weighted by Crippen LogP contribution is -2.53. The largest absolute Gasteiger partial charge is 0.491 e. The number of hydrogen-bond acceptors (Lipinski definition) is 5. The highest BCUT2D eigenvalue weighted by atomic mass is 32.2. The van der Waals surface area contributed by atoms with Crippen molar-refractivity contribution in [3.05, 3.63) is 52.4 Å². The minimum Gasteiger partial charge on any atom is -0.491 e. The summed E-state index contributed by atoms with van der Waals surface area (Å²) in [6.07, 6.45) is 5.44. The van der Waals surface area contributed by atoms with E-state index in [9.17, 15) is 13.2 Å². The van der Waals surface area contributed by atoms with E-state index >= 15 is 0 Å². The summed E-state index contributed by atoms with van der Waals surface area (Å²) in [6.45, 7) is 4.48.